The van der Waals surface area contributed by atoms with E-state index in [0.29, 0.717) is 12.2 Å². The zero-order valence-electron chi connectivity index (χ0n) is 20.7. The van der Waals surface area contributed by atoms with Crippen LogP contribution in [0.2, 0.25) is 0 Å². The smallest absolute Gasteiger partial charge is 0.303 e. The van der Waals surface area contributed by atoms with Crippen molar-refractivity contribution in [2.75, 3.05) is 19.4 Å². The zero-order chi connectivity index (χ0) is 26.2. The van der Waals surface area contributed by atoms with Crippen molar-refractivity contribution >= 4 is 27.9 Å². The lowest BCUT2D eigenvalue weighted by molar-refractivity contribution is -0.166. The molecule has 4 atom stereocenters. The second-order valence-corrected chi connectivity index (χ2v) is 10.3. The standard InChI is InChI=1S/C21H34N4O9S/c1-6-7-8-9-10-24(35(5,29)30)11-17-12-25(23-22-17)21-20(33-16(4)28)19(32-15(3)27)18(34-21)13-31-14(2)26/h12,18-21H,6-11,13H2,1-5H3/t18-,19-,20-,21-/m1/s1. The minimum absolute atomic E-state index is 0.000160. The number of unbranched alkanes of at least 4 members (excludes halogenated alkanes) is 3. The van der Waals surface area contributed by atoms with Crippen LogP contribution in [0.5, 0.6) is 0 Å². The fourth-order valence-electron chi connectivity index (χ4n) is 3.67. The van der Waals surface area contributed by atoms with Gasteiger partial charge < -0.3 is 18.9 Å². The summed E-state index contributed by atoms with van der Waals surface area (Å²) in [6, 6.07) is 0. The molecule has 1 aliphatic heterocycles. The third-order valence-electron chi connectivity index (χ3n) is 5.23. The van der Waals surface area contributed by atoms with E-state index >= 15 is 0 Å². The Bertz CT molecular complexity index is 981. The molecule has 35 heavy (non-hydrogen) atoms. The first-order chi connectivity index (χ1) is 16.4. The van der Waals surface area contributed by atoms with Gasteiger partial charge in [-0.2, -0.15) is 4.31 Å². The summed E-state index contributed by atoms with van der Waals surface area (Å²) in [6.45, 7) is 5.77. The number of carbonyl (C=O) groups excluding carboxylic acids is 3. The molecule has 1 aromatic heterocycles. The Balaban J connectivity index is 2.25. The summed E-state index contributed by atoms with van der Waals surface area (Å²) in [7, 11) is -3.48. The van der Waals surface area contributed by atoms with Crippen molar-refractivity contribution in [2.45, 2.75) is 84.5 Å². The summed E-state index contributed by atoms with van der Waals surface area (Å²) in [4.78, 5) is 34.7. The number of esters is 3. The van der Waals surface area contributed by atoms with Gasteiger partial charge in [0.15, 0.2) is 18.4 Å². The Morgan fingerprint density at radius 2 is 1.71 bits per heavy atom. The van der Waals surface area contributed by atoms with Crippen LogP contribution in [-0.4, -0.2) is 83.3 Å². The number of aromatic nitrogens is 3. The molecule has 0 amide bonds. The van der Waals surface area contributed by atoms with Crippen LogP contribution in [-0.2, 0) is 49.9 Å². The molecule has 2 rings (SSSR count). The first-order valence-corrected chi connectivity index (χ1v) is 13.3. The van der Waals surface area contributed by atoms with Crippen molar-refractivity contribution in [1.29, 1.82) is 0 Å². The van der Waals surface area contributed by atoms with Crippen LogP contribution < -0.4 is 0 Å². The second kappa shape index (κ2) is 12.9. The van der Waals surface area contributed by atoms with Gasteiger partial charge in [-0.25, -0.2) is 13.1 Å². The van der Waals surface area contributed by atoms with Crippen molar-refractivity contribution in [3.05, 3.63) is 11.9 Å². The van der Waals surface area contributed by atoms with Crippen LogP contribution in [0, 0.1) is 0 Å². The average molecular weight is 519 g/mol. The highest BCUT2D eigenvalue weighted by Gasteiger charge is 2.51. The van der Waals surface area contributed by atoms with E-state index in [9.17, 15) is 22.8 Å². The van der Waals surface area contributed by atoms with Gasteiger partial charge in [0, 0.05) is 27.3 Å². The van der Waals surface area contributed by atoms with Gasteiger partial charge in [-0.1, -0.05) is 31.4 Å². The van der Waals surface area contributed by atoms with Gasteiger partial charge in [0.2, 0.25) is 10.0 Å². The summed E-state index contributed by atoms with van der Waals surface area (Å²) in [5.41, 5.74) is 0.351. The maximum Gasteiger partial charge on any atom is 0.303 e. The Morgan fingerprint density at radius 3 is 2.29 bits per heavy atom. The molecule has 198 valence electrons. The van der Waals surface area contributed by atoms with Crippen LogP contribution in [0.15, 0.2) is 6.20 Å². The van der Waals surface area contributed by atoms with E-state index in [2.05, 4.69) is 17.2 Å². The van der Waals surface area contributed by atoms with E-state index in [-0.39, 0.29) is 13.2 Å². The van der Waals surface area contributed by atoms with E-state index in [4.69, 9.17) is 18.9 Å². The Morgan fingerprint density at radius 1 is 1.06 bits per heavy atom. The fourth-order valence-corrected chi connectivity index (χ4v) is 4.50. The van der Waals surface area contributed by atoms with Crippen LogP contribution in [0.3, 0.4) is 0 Å². The largest absolute Gasteiger partial charge is 0.463 e. The van der Waals surface area contributed by atoms with Gasteiger partial charge in [0.1, 0.15) is 12.7 Å². The SMILES string of the molecule is CCCCCCN(Cc1cn([C@@H]2O[C@H](COC(C)=O)[C@@H](OC(C)=O)[C@H]2OC(C)=O)nn1)S(C)(=O)=O. The molecule has 0 aromatic carbocycles. The Hall–Kier alpha value is -2.58. The summed E-state index contributed by atoms with van der Waals surface area (Å²) >= 11 is 0. The van der Waals surface area contributed by atoms with E-state index in [1.165, 1.54) is 36.0 Å². The fraction of sp³-hybridized carbons (Fsp3) is 0.762. The third-order valence-corrected chi connectivity index (χ3v) is 6.48. The topological polar surface area (TPSA) is 156 Å². The third kappa shape index (κ3) is 8.85. The molecule has 1 fully saturated rings. The zero-order valence-corrected chi connectivity index (χ0v) is 21.5. The number of hydrogen-bond acceptors (Lipinski definition) is 11. The number of sulfonamides is 1. The number of nitrogens with zero attached hydrogens (tertiary/aromatic N) is 4. The van der Waals surface area contributed by atoms with Crippen molar-refractivity contribution in [1.82, 2.24) is 19.3 Å². The van der Waals surface area contributed by atoms with Crippen molar-refractivity contribution in [3.63, 3.8) is 0 Å². The number of rotatable bonds is 13. The van der Waals surface area contributed by atoms with Gasteiger partial charge in [0.25, 0.3) is 0 Å². The molecule has 14 heteroatoms. The molecular formula is C21H34N4O9S. The first kappa shape index (κ1) is 28.7. The second-order valence-electron chi connectivity index (χ2n) is 8.36. The normalized spacial score (nSPS) is 22.2. The monoisotopic (exact) mass is 518 g/mol. The predicted octanol–water partition coefficient (Wildman–Crippen LogP) is 0.944. The van der Waals surface area contributed by atoms with Crippen molar-refractivity contribution < 1.29 is 41.7 Å². The molecule has 2 heterocycles. The Labute approximate surface area is 205 Å². The van der Waals surface area contributed by atoms with E-state index < -0.39 is 52.5 Å². The van der Waals surface area contributed by atoms with Gasteiger partial charge >= 0.3 is 17.9 Å². The van der Waals surface area contributed by atoms with E-state index in [1.54, 1.807) is 0 Å². The molecule has 1 saturated heterocycles. The predicted molar refractivity (Wildman–Crippen MR) is 121 cm³/mol. The maximum atomic E-state index is 12.3. The summed E-state index contributed by atoms with van der Waals surface area (Å²) in [5, 5.41) is 8.08. The maximum absolute atomic E-state index is 12.3. The van der Waals surface area contributed by atoms with Gasteiger partial charge in [-0.15, -0.1) is 5.10 Å². The number of carbonyl (C=O) groups is 3. The number of hydrogen-bond donors (Lipinski definition) is 0. The molecule has 1 aliphatic rings. The van der Waals surface area contributed by atoms with Crippen LogP contribution in [0.25, 0.3) is 0 Å². The lowest BCUT2D eigenvalue weighted by atomic mass is 10.1. The molecule has 0 radical (unpaired) electrons. The highest BCUT2D eigenvalue weighted by atomic mass is 32.2. The molecule has 13 nitrogen and oxygen atoms in total. The van der Waals surface area contributed by atoms with Gasteiger partial charge in [-0.3, -0.25) is 14.4 Å². The lowest BCUT2D eigenvalue weighted by Gasteiger charge is -2.23. The summed E-state index contributed by atoms with van der Waals surface area (Å²) < 4.78 is 48.7. The summed E-state index contributed by atoms with van der Waals surface area (Å²) in [6.07, 6.45) is 2.13. The van der Waals surface area contributed by atoms with Crippen molar-refractivity contribution in [2.24, 2.45) is 0 Å². The molecule has 0 saturated carbocycles. The highest BCUT2D eigenvalue weighted by Crippen LogP contribution is 2.34. The van der Waals surface area contributed by atoms with Gasteiger partial charge in [0.05, 0.1) is 24.7 Å². The molecule has 0 unspecified atom stereocenters. The average Bonchev–Trinajstić information content (AvgIpc) is 3.32. The molecule has 0 aliphatic carbocycles. The molecule has 0 spiro atoms. The van der Waals surface area contributed by atoms with Crippen LogP contribution >= 0.6 is 0 Å². The number of ether oxygens (including phenoxy) is 4. The minimum Gasteiger partial charge on any atom is -0.463 e. The molecule has 1 aromatic rings. The van der Waals surface area contributed by atoms with Crippen LogP contribution in [0.1, 0.15) is 65.3 Å². The van der Waals surface area contributed by atoms with Crippen molar-refractivity contribution in [3.8, 4) is 0 Å². The molecule has 0 N–H and O–H groups in total. The minimum atomic E-state index is -3.48. The van der Waals surface area contributed by atoms with Crippen LogP contribution in [0.4, 0.5) is 0 Å². The first-order valence-electron chi connectivity index (χ1n) is 11.4. The van der Waals surface area contributed by atoms with E-state index in [1.807, 2.05) is 0 Å². The highest BCUT2D eigenvalue weighted by molar-refractivity contribution is 7.88. The van der Waals surface area contributed by atoms with Gasteiger partial charge in [-0.05, 0) is 6.42 Å². The Kier molecular flexibility index (Phi) is 10.6. The molecular weight excluding hydrogens is 484 g/mol. The quantitative estimate of drug-likeness (QED) is 0.208. The summed E-state index contributed by atoms with van der Waals surface area (Å²) in [5.74, 6) is -1.86. The molecule has 0 bridgehead atoms. The lowest BCUT2D eigenvalue weighted by Crippen LogP contribution is -2.40. The van der Waals surface area contributed by atoms with E-state index in [0.717, 1.165) is 31.9 Å².